The first-order valence-electron chi connectivity index (χ1n) is 4.37. The molecule has 1 radical (unpaired) electrons. The van der Waals surface area contributed by atoms with Crippen molar-refractivity contribution in [3.8, 4) is 5.75 Å². The summed E-state index contributed by atoms with van der Waals surface area (Å²) in [6.07, 6.45) is 2.18. The van der Waals surface area contributed by atoms with E-state index in [0.717, 1.165) is 11.5 Å². The zero-order chi connectivity index (χ0) is 9.97. The fourth-order valence-electron chi connectivity index (χ4n) is 1.26. The quantitative estimate of drug-likeness (QED) is 0.470. The number of halogens is 1. The minimum absolute atomic E-state index is 0. The van der Waals surface area contributed by atoms with E-state index in [1.807, 2.05) is 12.1 Å². The molecule has 1 heterocycles. The van der Waals surface area contributed by atoms with Crippen molar-refractivity contribution in [1.29, 1.82) is 0 Å². The normalized spacial score (nSPS) is 13.5. The molecule has 1 aromatic carbocycles. The van der Waals surface area contributed by atoms with Crippen molar-refractivity contribution in [2.45, 2.75) is 6.92 Å². The van der Waals surface area contributed by atoms with Gasteiger partial charge in [-0.1, -0.05) is 0 Å². The second kappa shape index (κ2) is 5.55. The average molecular weight is 339 g/mol. The molecule has 2 nitrogen and oxygen atoms in total. The molecule has 1 aliphatic heterocycles. The molecular formula is C11H12ClO2Te. The van der Waals surface area contributed by atoms with E-state index in [2.05, 4.69) is 28.2 Å². The summed E-state index contributed by atoms with van der Waals surface area (Å²) >= 11 is -0.247. The number of hydrogen-bond donors (Lipinski definition) is 0. The molecule has 0 unspecified atom stereocenters. The van der Waals surface area contributed by atoms with E-state index in [0.29, 0.717) is 0 Å². The Labute approximate surface area is 106 Å². The van der Waals surface area contributed by atoms with Crippen LogP contribution in [0.15, 0.2) is 30.3 Å². The first-order chi connectivity index (χ1) is 6.79. The van der Waals surface area contributed by atoms with Crippen molar-refractivity contribution >= 4 is 30.2 Å². The summed E-state index contributed by atoms with van der Waals surface area (Å²) in [6.45, 7) is 2.16. The van der Waals surface area contributed by atoms with Gasteiger partial charge in [-0.25, -0.2) is 0 Å². The maximum atomic E-state index is 5.11. The molecule has 0 amide bonds. The summed E-state index contributed by atoms with van der Waals surface area (Å²) in [5.41, 5.74) is 1.19. The second-order valence-electron chi connectivity index (χ2n) is 3.05. The third-order valence-corrected chi connectivity index (χ3v) is 3.99. The third-order valence-electron chi connectivity index (χ3n) is 2.01. The molecule has 0 saturated heterocycles. The number of hydrogen-bond acceptors (Lipinski definition) is 1. The van der Waals surface area contributed by atoms with Crippen molar-refractivity contribution in [3.05, 3.63) is 35.9 Å². The zero-order valence-corrected chi connectivity index (χ0v) is 11.6. The van der Waals surface area contributed by atoms with Crippen molar-refractivity contribution < 1.29 is 20.2 Å². The summed E-state index contributed by atoms with van der Waals surface area (Å²) in [5.74, 6) is 2.03. The van der Waals surface area contributed by atoms with E-state index in [-0.39, 0.29) is 33.3 Å². The molecule has 81 valence electrons. The van der Waals surface area contributed by atoms with Crippen LogP contribution < -0.4 is 17.1 Å². The smallest absolute Gasteiger partial charge is 1.00 e. The molecule has 0 bridgehead atoms. The van der Waals surface area contributed by atoms with E-state index in [1.165, 1.54) is 9.11 Å². The molecule has 0 spiro atoms. The largest absolute Gasteiger partial charge is 1.00 e. The molecule has 0 aliphatic carbocycles. The molecule has 0 saturated carbocycles. The average Bonchev–Trinajstić information content (AvgIpc) is 2.65. The molecule has 2 rings (SSSR count). The van der Waals surface area contributed by atoms with Crippen LogP contribution >= 0.6 is 0 Å². The first kappa shape index (κ1) is 12.6. The van der Waals surface area contributed by atoms with Crippen LogP contribution in [0.5, 0.6) is 5.75 Å². The Morgan fingerprint density at radius 3 is 2.33 bits per heavy atom. The third kappa shape index (κ3) is 2.98. The number of rotatable bonds is 2. The van der Waals surface area contributed by atoms with Gasteiger partial charge in [0.25, 0.3) is 0 Å². The number of methoxy groups -OCH3 is 1. The van der Waals surface area contributed by atoms with Crippen LogP contribution in [0.3, 0.4) is 0 Å². The summed E-state index contributed by atoms with van der Waals surface area (Å²) in [6, 6.07) is 8.05. The molecule has 0 aromatic heterocycles. The molecule has 4 heteroatoms. The zero-order valence-electron chi connectivity index (χ0n) is 8.53. The van der Waals surface area contributed by atoms with E-state index >= 15 is 0 Å². The van der Waals surface area contributed by atoms with Crippen LogP contribution in [0.1, 0.15) is 12.5 Å². The molecular weight excluding hydrogens is 327 g/mol. The van der Waals surface area contributed by atoms with Gasteiger partial charge >= 0.3 is 93.7 Å². The SMILES string of the molecule is COc1ccc(C2=CC(C)=[Te][OH+]2)cc1.[Cl-]. The Kier molecular flexibility index (Phi) is 4.66. The topological polar surface area (TPSA) is 22.0 Å². The van der Waals surface area contributed by atoms with Crippen molar-refractivity contribution in [2.24, 2.45) is 0 Å². The van der Waals surface area contributed by atoms with Gasteiger partial charge < -0.3 is 12.4 Å². The van der Waals surface area contributed by atoms with Gasteiger partial charge in [0.2, 0.25) is 0 Å². The van der Waals surface area contributed by atoms with Gasteiger partial charge in [0, 0.05) is 0 Å². The van der Waals surface area contributed by atoms with E-state index < -0.39 is 0 Å². The monoisotopic (exact) mass is 341 g/mol. The van der Waals surface area contributed by atoms with Gasteiger partial charge in [0.1, 0.15) is 0 Å². The van der Waals surface area contributed by atoms with E-state index in [9.17, 15) is 0 Å². The van der Waals surface area contributed by atoms with Crippen LogP contribution in [0.2, 0.25) is 0 Å². The predicted octanol–water partition coefficient (Wildman–Crippen LogP) is -1.61. The fraction of sp³-hybridized carbons (Fsp3) is 0.182. The van der Waals surface area contributed by atoms with Gasteiger partial charge in [0.15, 0.2) is 0 Å². The van der Waals surface area contributed by atoms with Crippen LogP contribution in [0.25, 0.3) is 5.76 Å². The van der Waals surface area contributed by atoms with Crippen LogP contribution in [0.4, 0.5) is 0 Å². The van der Waals surface area contributed by atoms with Crippen molar-refractivity contribution in [2.75, 3.05) is 7.11 Å². The summed E-state index contributed by atoms with van der Waals surface area (Å²) in [7, 11) is 1.68. The van der Waals surface area contributed by atoms with Crippen molar-refractivity contribution in [3.63, 3.8) is 0 Å². The number of benzene rings is 1. The number of allylic oxidation sites excluding steroid dienone is 1. The van der Waals surface area contributed by atoms with Gasteiger partial charge in [-0.05, 0) is 0 Å². The molecule has 0 fully saturated rings. The molecule has 1 aromatic rings. The summed E-state index contributed by atoms with van der Waals surface area (Å²) in [5, 5.41) is 0. The second-order valence-corrected chi connectivity index (χ2v) is 5.93. The fourth-order valence-corrected chi connectivity index (χ4v) is 2.88. The van der Waals surface area contributed by atoms with Gasteiger partial charge in [-0.3, -0.25) is 0 Å². The molecule has 1 N–H and O–H groups in total. The molecule has 0 atom stereocenters. The maximum absolute atomic E-state index is 5.11. The summed E-state index contributed by atoms with van der Waals surface area (Å²) in [4.78, 5) is 0. The standard InChI is InChI=1S/C11H12O2Te.ClH/c1-8-7-11(13-14-8)9-3-5-10(12-2)6-4-9;/h3-7,13H,1-2H3;1H/q+1;/p-1. The Bertz CT molecular complexity index is 396. The van der Waals surface area contributed by atoms with Gasteiger partial charge in [-0.2, -0.15) is 0 Å². The van der Waals surface area contributed by atoms with Crippen LogP contribution in [-0.4, -0.2) is 34.6 Å². The Morgan fingerprint density at radius 1 is 1.20 bits per heavy atom. The molecule has 15 heavy (non-hydrogen) atoms. The molecule has 1 aliphatic rings. The minimum atomic E-state index is -0.247. The van der Waals surface area contributed by atoms with Crippen LogP contribution in [0, 0.1) is 0 Å². The number of aliphatic hydroxyl groups is 1. The summed E-state index contributed by atoms with van der Waals surface area (Å²) < 4.78 is 11.1. The Morgan fingerprint density at radius 2 is 1.87 bits per heavy atom. The van der Waals surface area contributed by atoms with Gasteiger partial charge in [0.05, 0.1) is 0 Å². The minimum Gasteiger partial charge on any atom is -1.00 e. The Balaban J connectivity index is 0.00000112. The van der Waals surface area contributed by atoms with E-state index in [1.54, 1.807) is 7.11 Å². The first-order valence-corrected chi connectivity index (χ1v) is 6.58. The van der Waals surface area contributed by atoms with Crippen LogP contribution in [-0.2, 0) is 0 Å². The van der Waals surface area contributed by atoms with E-state index in [4.69, 9.17) is 4.74 Å². The Hall–Kier alpha value is -0.490. The van der Waals surface area contributed by atoms with Gasteiger partial charge in [-0.15, -0.1) is 0 Å². The maximum Gasteiger partial charge on any atom is -1.00 e. The predicted molar refractivity (Wildman–Crippen MR) is 59.6 cm³/mol. The van der Waals surface area contributed by atoms with Crippen molar-refractivity contribution in [1.82, 2.24) is 0 Å². The number of ether oxygens (including phenoxy) is 1.